The first-order valence-corrected chi connectivity index (χ1v) is 7.38. The van der Waals surface area contributed by atoms with Crippen LogP contribution in [0.3, 0.4) is 0 Å². The van der Waals surface area contributed by atoms with Crippen molar-refractivity contribution in [2.24, 2.45) is 0 Å². The average Bonchev–Trinajstić information content (AvgIpc) is 1.99. The van der Waals surface area contributed by atoms with E-state index >= 15 is 0 Å². The van der Waals surface area contributed by atoms with Gasteiger partial charge >= 0.3 is 0 Å². The van der Waals surface area contributed by atoms with Crippen molar-refractivity contribution in [2.75, 3.05) is 25.9 Å². The molecule has 0 fully saturated rings. The lowest BCUT2D eigenvalue weighted by atomic mass is 10.1. The van der Waals surface area contributed by atoms with Gasteiger partial charge in [-0.05, 0) is 47.7 Å². The fourth-order valence-electron chi connectivity index (χ4n) is 1.51. The quantitative estimate of drug-likeness (QED) is 0.730. The number of aliphatic hydroxyl groups is 1. The van der Waals surface area contributed by atoms with Crippen LogP contribution in [0.1, 0.15) is 34.1 Å². The van der Waals surface area contributed by atoms with Gasteiger partial charge in [-0.3, -0.25) is 0 Å². The zero-order chi connectivity index (χ0) is 13.0. The molecule has 0 aliphatic heterocycles. The Kier molecular flexibility index (Phi) is 5.93. The molecule has 0 aromatic rings. The van der Waals surface area contributed by atoms with Crippen molar-refractivity contribution in [2.45, 2.75) is 45.0 Å². The Labute approximate surface area is 99.6 Å². The van der Waals surface area contributed by atoms with Gasteiger partial charge in [0.25, 0.3) is 0 Å². The molecule has 98 valence electrons. The van der Waals surface area contributed by atoms with Crippen molar-refractivity contribution in [1.29, 1.82) is 0 Å². The summed E-state index contributed by atoms with van der Waals surface area (Å²) in [4.78, 5) is 1.95. The number of hydrogen-bond donors (Lipinski definition) is 1. The van der Waals surface area contributed by atoms with Crippen LogP contribution in [0.25, 0.3) is 0 Å². The second kappa shape index (κ2) is 5.98. The van der Waals surface area contributed by atoms with Crippen LogP contribution in [0.4, 0.5) is 0 Å². The Bertz CT molecular complexity index is 291. The Balaban J connectivity index is 3.92. The van der Waals surface area contributed by atoms with Crippen LogP contribution in [0.2, 0.25) is 0 Å². The van der Waals surface area contributed by atoms with Crippen LogP contribution in [-0.2, 0) is 9.84 Å². The summed E-state index contributed by atoms with van der Waals surface area (Å²) in [7, 11) is -1.04. The van der Waals surface area contributed by atoms with Crippen LogP contribution in [0.5, 0.6) is 0 Å². The first kappa shape index (κ1) is 15.9. The zero-order valence-electron chi connectivity index (χ0n) is 11.0. The highest BCUT2D eigenvalue weighted by Gasteiger charge is 2.18. The molecule has 0 amide bonds. The Morgan fingerprint density at radius 3 is 2.19 bits per heavy atom. The van der Waals surface area contributed by atoms with Crippen LogP contribution < -0.4 is 0 Å². The van der Waals surface area contributed by atoms with Gasteiger partial charge in [-0.1, -0.05) is 0 Å². The molecule has 0 aromatic carbocycles. The average molecular weight is 251 g/mol. The van der Waals surface area contributed by atoms with Gasteiger partial charge in [0.15, 0.2) is 9.84 Å². The van der Waals surface area contributed by atoms with E-state index in [1.807, 2.05) is 11.9 Å². The molecule has 16 heavy (non-hydrogen) atoms. The molecule has 0 spiro atoms. The van der Waals surface area contributed by atoms with Crippen molar-refractivity contribution >= 4 is 9.84 Å². The Hall–Kier alpha value is -0.130. The third kappa shape index (κ3) is 7.19. The number of nitrogens with zero attached hydrogens (tertiary/aromatic N) is 1. The first-order chi connectivity index (χ1) is 7.04. The number of rotatable bonds is 7. The highest BCUT2D eigenvalue weighted by atomic mass is 32.2. The van der Waals surface area contributed by atoms with Crippen molar-refractivity contribution in [3.05, 3.63) is 0 Å². The minimum atomic E-state index is -2.93. The fraction of sp³-hybridized carbons (Fsp3) is 1.00. The summed E-state index contributed by atoms with van der Waals surface area (Å²) in [5.41, 5.74) is -0.730. The predicted molar refractivity (Wildman–Crippen MR) is 67.3 cm³/mol. The number of likely N-dealkylation sites (N-methyl/N-ethyl adjacent to an activating group) is 1. The van der Waals surface area contributed by atoms with Gasteiger partial charge in [0.1, 0.15) is 0 Å². The second-order valence-electron chi connectivity index (χ2n) is 5.32. The molecule has 0 radical (unpaired) electrons. The van der Waals surface area contributed by atoms with Crippen molar-refractivity contribution in [3.63, 3.8) is 0 Å². The van der Waals surface area contributed by atoms with E-state index in [9.17, 15) is 13.5 Å². The molecule has 0 unspecified atom stereocenters. The third-order valence-electron chi connectivity index (χ3n) is 2.34. The van der Waals surface area contributed by atoms with Crippen LogP contribution >= 0.6 is 0 Å². The summed E-state index contributed by atoms with van der Waals surface area (Å²) in [6, 6.07) is 0. The summed E-state index contributed by atoms with van der Waals surface area (Å²) in [5, 5.41) is 9.28. The van der Waals surface area contributed by atoms with Gasteiger partial charge < -0.3 is 10.0 Å². The minimum Gasteiger partial charge on any atom is -0.389 e. The summed E-state index contributed by atoms with van der Waals surface area (Å²) < 4.78 is 23.1. The van der Waals surface area contributed by atoms with E-state index in [-0.39, 0.29) is 11.0 Å². The van der Waals surface area contributed by atoms with Gasteiger partial charge in [-0.15, -0.1) is 0 Å². The van der Waals surface area contributed by atoms with Crippen molar-refractivity contribution < 1.29 is 13.5 Å². The molecule has 0 atom stereocenters. The van der Waals surface area contributed by atoms with E-state index in [2.05, 4.69) is 0 Å². The summed E-state index contributed by atoms with van der Waals surface area (Å²) >= 11 is 0. The van der Waals surface area contributed by atoms with E-state index in [4.69, 9.17) is 0 Å². The largest absolute Gasteiger partial charge is 0.389 e. The summed E-state index contributed by atoms with van der Waals surface area (Å²) in [5.74, 6) is 0.223. The first-order valence-electron chi connectivity index (χ1n) is 5.67. The highest BCUT2D eigenvalue weighted by Crippen LogP contribution is 2.06. The fourth-order valence-corrected chi connectivity index (χ4v) is 2.51. The molecule has 0 aliphatic carbocycles. The topological polar surface area (TPSA) is 57.6 Å². The summed E-state index contributed by atoms with van der Waals surface area (Å²) in [6.07, 6.45) is 0.618. The molecule has 0 heterocycles. The highest BCUT2D eigenvalue weighted by molar-refractivity contribution is 7.91. The molecule has 0 aromatic heterocycles. The second-order valence-corrected chi connectivity index (χ2v) is 8.00. The van der Waals surface area contributed by atoms with Gasteiger partial charge in [-0.25, -0.2) is 8.42 Å². The molecule has 0 aliphatic rings. The van der Waals surface area contributed by atoms with Crippen molar-refractivity contribution in [3.8, 4) is 0 Å². The predicted octanol–water partition coefficient (Wildman–Crippen LogP) is 0.902. The lowest BCUT2D eigenvalue weighted by Gasteiger charge is -2.25. The smallest absolute Gasteiger partial charge is 0.152 e. The van der Waals surface area contributed by atoms with Crippen LogP contribution in [0.15, 0.2) is 0 Å². The Morgan fingerprint density at radius 2 is 1.81 bits per heavy atom. The van der Waals surface area contributed by atoms with E-state index in [1.54, 1.807) is 27.7 Å². The maximum atomic E-state index is 11.5. The molecule has 5 heteroatoms. The molecule has 0 saturated carbocycles. The van der Waals surface area contributed by atoms with E-state index in [0.717, 1.165) is 0 Å². The molecular formula is C11H25NO3S. The molecule has 1 N–H and O–H groups in total. The lowest BCUT2D eigenvalue weighted by molar-refractivity contribution is 0.0448. The standard InChI is InChI=1S/C11H25NO3S/c1-10(2)16(14,15)8-6-7-12(5)9-11(3,4)13/h10,13H,6-9H2,1-5H3. The third-order valence-corrected chi connectivity index (χ3v) is 4.64. The number of sulfone groups is 1. The number of hydrogen-bond acceptors (Lipinski definition) is 4. The summed E-state index contributed by atoms with van der Waals surface area (Å²) in [6.45, 7) is 8.14. The SMILES string of the molecule is CC(C)S(=O)(=O)CCCN(C)CC(C)(C)O. The normalized spacial score (nSPS) is 13.8. The maximum absolute atomic E-state index is 11.5. The molecule has 0 bridgehead atoms. The zero-order valence-corrected chi connectivity index (χ0v) is 11.8. The lowest BCUT2D eigenvalue weighted by Crippen LogP contribution is -2.37. The van der Waals surface area contributed by atoms with Gasteiger partial charge in [0.05, 0.1) is 16.6 Å². The molecular weight excluding hydrogens is 226 g/mol. The van der Waals surface area contributed by atoms with E-state index in [0.29, 0.717) is 19.5 Å². The van der Waals surface area contributed by atoms with Gasteiger partial charge in [0, 0.05) is 6.54 Å². The van der Waals surface area contributed by atoms with Gasteiger partial charge in [-0.2, -0.15) is 0 Å². The van der Waals surface area contributed by atoms with E-state index < -0.39 is 15.4 Å². The van der Waals surface area contributed by atoms with Crippen molar-refractivity contribution in [1.82, 2.24) is 4.90 Å². The Morgan fingerprint density at radius 1 is 1.31 bits per heavy atom. The van der Waals surface area contributed by atoms with Crippen LogP contribution in [-0.4, -0.2) is 55.2 Å². The molecule has 0 saturated heterocycles. The molecule has 4 nitrogen and oxygen atoms in total. The van der Waals surface area contributed by atoms with E-state index in [1.165, 1.54) is 0 Å². The van der Waals surface area contributed by atoms with Gasteiger partial charge in [0.2, 0.25) is 0 Å². The van der Waals surface area contributed by atoms with Crippen LogP contribution in [0, 0.1) is 0 Å². The molecule has 0 rings (SSSR count). The maximum Gasteiger partial charge on any atom is 0.152 e. The minimum absolute atomic E-state index is 0.223. The monoisotopic (exact) mass is 251 g/mol.